The van der Waals surface area contributed by atoms with E-state index in [1.807, 2.05) is 11.8 Å². The van der Waals surface area contributed by atoms with Gasteiger partial charge in [0.2, 0.25) is 5.91 Å². The number of hydrogen-bond acceptors (Lipinski definition) is 3. The van der Waals surface area contributed by atoms with Crippen LogP contribution in [0.4, 0.5) is 0 Å². The molecule has 1 amide bonds. The summed E-state index contributed by atoms with van der Waals surface area (Å²) in [5.41, 5.74) is -0.125. The molecule has 2 rings (SSSR count). The Balaban J connectivity index is 1.69. The Labute approximate surface area is 115 Å². The first-order chi connectivity index (χ1) is 8.73. The van der Waals surface area contributed by atoms with E-state index in [-0.39, 0.29) is 5.54 Å². The molecule has 0 aromatic carbocycles. The summed E-state index contributed by atoms with van der Waals surface area (Å²) >= 11 is 1.92. The van der Waals surface area contributed by atoms with E-state index >= 15 is 0 Å². The molecule has 0 aromatic rings. The summed E-state index contributed by atoms with van der Waals surface area (Å²) in [7, 11) is 0. The predicted molar refractivity (Wildman–Crippen MR) is 77.7 cm³/mol. The minimum absolute atomic E-state index is 0.125. The minimum atomic E-state index is -0.125. The van der Waals surface area contributed by atoms with Gasteiger partial charge in [-0.1, -0.05) is 19.8 Å². The fraction of sp³-hybridized carbons (Fsp3) is 0.929. The van der Waals surface area contributed by atoms with E-state index in [0.29, 0.717) is 12.1 Å². The second kappa shape index (κ2) is 6.29. The molecule has 2 aliphatic rings. The Morgan fingerprint density at radius 3 is 2.67 bits per heavy atom. The van der Waals surface area contributed by atoms with Gasteiger partial charge in [-0.25, -0.2) is 0 Å². The SMILES string of the molecule is CCC1NC2(CC2)C(=O)N1CCCCCCSC. The van der Waals surface area contributed by atoms with Crippen LogP contribution >= 0.6 is 11.8 Å². The van der Waals surface area contributed by atoms with Crippen LogP contribution in [-0.2, 0) is 4.79 Å². The van der Waals surface area contributed by atoms with Gasteiger partial charge in [0.05, 0.1) is 11.7 Å². The highest BCUT2D eigenvalue weighted by molar-refractivity contribution is 7.98. The van der Waals surface area contributed by atoms with Gasteiger partial charge in [-0.05, 0) is 44.1 Å². The quantitative estimate of drug-likeness (QED) is 0.688. The maximum Gasteiger partial charge on any atom is 0.244 e. The van der Waals surface area contributed by atoms with Crippen molar-refractivity contribution in [3.63, 3.8) is 0 Å². The van der Waals surface area contributed by atoms with E-state index in [0.717, 1.165) is 32.2 Å². The van der Waals surface area contributed by atoms with Crippen molar-refractivity contribution in [1.82, 2.24) is 10.2 Å². The van der Waals surface area contributed by atoms with Crippen molar-refractivity contribution in [1.29, 1.82) is 0 Å². The summed E-state index contributed by atoms with van der Waals surface area (Å²) in [6.07, 6.45) is 10.6. The third-order valence-corrected chi connectivity index (χ3v) is 4.82. The Morgan fingerprint density at radius 1 is 1.33 bits per heavy atom. The summed E-state index contributed by atoms with van der Waals surface area (Å²) in [5, 5.41) is 3.53. The molecule has 1 saturated heterocycles. The van der Waals surface area contributed by atoms with Crippen molar-refractivity contribution in [2.45, 2.75) is 63.6 Å². The summed E-state index contributed by atoms with van der Waals surface area (Å²) in [6.45, 7) is 3.11. The fourth-order valence-corrected chi connectivity index (χ4v) is 3.31. The van der Waals surface area contributed by atoms with Gasteiger partial charge in [-0.2, -0.15) is 11.8 Å². The van der Waals surface area contributed by atoms with Crippen LogP contribution in [-0.4, -0.2) is 41.1 Å². The number of rotatable bonds is 8. The van der Waals surface area contributed by atoms with Crippen molar-refractivity contribution >= 4 is 17.7 Å². The van der Waals surface area contributed by atoms with Gasteiger partial charge in [0.1, 0.15) is 0 Å². The van der Waals surface area contributed by atoms with Crippen LogP contribution in [0.15, 0.2) is 0 Å². The van der Waals surface area contributed by atoms with Crippen molar-refractivity contribution in [3.05, 3.63) is 0 Å². The number of carbonyl (C=O) groups is 1. The Morgan fingerprint density at radius 2 is 2.06 bits per heavy atom. The molecule has 1 aliphatic heterocycles. The second-order valence-corrected chi connectivity index (χ2v) is 6.54. The van der Waals surface area contributed by atoms with E-state index in [1.165, 1.54) is 25.0 Å². The summed E-state index contributed by atoms with van der Waals surface area (Å²) in [4.78, 5) is 14.4. The smallest absolute Gasteiger partial charge is 0.244 e. The molecule has 1 N–H and O–H groups in total. The Hall–Kier alpha value is -0.220. The molecular weight excluding hydrogens is 244 g/mol. The summed E-state index contributed by atoms with van der Waals surface area (Å²) in [6, 6.07) is 0. The maximum absolute atomic E-state index is 12.3. The maximum atomic E-state index is 12.3. The van der Waals surface area contributed by atoms with E-state index in [2.05, 4.69) is 23.4 Å². The first-order valence-corrected chi connectivity index (χ1v) is 8.70. The lowest BCUT2D eigenvalue weighted by atomic mass is 10.2. The van der Waals surface area contributed by atoms with E-state index in [4.69, 9.17) is 0 Å². The highest BCUT2D eigenvalue weighted by atomic mass is 32.2. The molecule has 0 radical (unpaired) electrons. The lowest BCUT2D eigenvalue weighted by Gasteiger charge is -2.22. The number of nitrogens with one attached hydrogen (secondary N) is 1. The molecule has 18 heavy (non-hydrogen) atoms. The average Bonchev–Trinajstić information content (AvgIpc) is 3.10. The van der Waals surface area contributed by atoms with Crippen LogP contribution < -0.4 is 5.32 Å². The number of unbranched alkanes of at least 4 members (excludes halogenated alkanes) is 3. The topological polar surface area (TPSA) is 32.3 Å². The molecule has 104 valence electrons. The third kappa shape index (κ3) is 3.02. The highest BCUT2D eigenvalue weighted by Gasteiger charge is 2.58. The van der Waals surface area contributed by atoms with Gasteiger partial charge in [-0.3, -0.25) is 10.1 Å². The number of nitrogens with zero attached hydrogens (tertiary/aromatic N) is 1. The summed E-state index contributed by atoms with van der Waals surface area (Å²) in [5.74, 6) is 1.64. The summed E-state index contributed by atoms with van der Waals surface area (Å²) < 4.78 is 0. The third-order valence-electron chi connectivity index (χ3n) is 4.12. The van der Waals surface area contributed by atoms with Crippen LogP contribution in [0.5, 0.6) is 0 Å². The molecule has 1 heterocycles. The zero-order chi connectivity index (χ0) is 13.0. The van der Waals surface area contributed by atoms with Crippen molar-refractivity contribution in [3.8, 4) is 0 Å². The van der Waals surface area contributed by atoms with Gasteiger partial charge < -0.3 is 4.90 Å². The molecule has 3 nitrogen and oxygen atoms in total. The molecule has 1 unspecified atom stereocenters. The molecule has 2 fully saturated rings. The number of amides is 1. The minimum Gasteiger partial charge on any atom is -0.326 e. The molecule has 0 aromatic heterocycles. The zero-order valence-electron chi connectivity index (χ0n) is 11.7. The van der Waals surface area contributed by atoms with Crippen LogP contribution in [0, 0.1) is 0 Å². The standard InChI is InChI=1S/C14H26N2OS/c1-3-12-15-14(8-9-14)13(17)16(12)10-6-4-5-7-11-18-2/h12,15H,3-11H2,1-2H3. The first kappa shape index (κ1) is 14.2. The van der Waals surface area contributed by atoms with Gasteiger partial charge in [0.15, 0.2) is 0 Å². The van der Waals surface area contributed by atoms with Gasteiger partial charge in [0, 0.05) is 6.54 Å². The lowest BCUT2D eigenvalue weighted by Crippen LogP contribution is -2.37. The Bertz CT molecular complexity index is 292. The molecule has 0 bridgehead atoms. The molecule has 4 heteroatoms. The van der Waals surface area contributed by atoms with Gasteiger partial charge in [-0.15, -0.1) is 0 Å². The highest BCUT2D eigenvalue weighted by Crippen LogP contribution is 2.42. The van der Waals surface area contributed by atoms with Crippen LogP contribution in [0.25, 0.3) is 0 Å². The lowest BCUT2D eigenvalue weighted by molar-refractivity contribution is -0.130. The van der Waals surface area contributed by atoms with E-state index in [9.17, 15) is 4.79 Å². The van der Waals surface area contributed by atoms with E-state index in [1.54, 1.807) is 0 Å². The van der Waals surface area contributed by atoms with Crippen molar-refractivity contribution in [2.75, 3.05) is 18.6 Å². The van der Waals surface area contributed by atoms with Crippen molar-refractivity contribution in [2.24, 2.45) is 0 Å². The largest absolute Gasteiger partial charge is 0.326 e. The number of thioether (sulfide) groups is 1. The van der Waals surface area contributed by atoms with Gasteiger partial charge in [0.25, 0.3) is 0 Å². The van der Waals surface area contributed by atoms with Crippen molar-refractivity contribution < 1.29 is 4.79 Å². The molecule has 1 saturated carbocycles. The van der Waals surface area contributed by atoms with Gasteiger partial charge >= 0.3 is 0 Å². The average molecular weight is 270 g/mol. The molecule has 1 atom stereocenters. The molecule has 1 spiro atoms. The zero-order valence-corrected chi connectivity index (χ0v) is 12.5. The molecule has 1 aliphatic carbocycles. The molecular formula is C14H26N2OS. The fourth-order valence-electron chi connectivity index (χ4n) is 2.82. The Kier molecular flexibility index (Phi) is 4.96. The number of carbonyl (C=O) groups excluding carboxylic acids is 1. The van der Waals surface area contributed by atoms with E-state index < -0.39 is 0 Å². The van der Waals surface area contributed by atoms with Crippen LogP contribution in [0.2, 0.25) is 0 Å². The number of hydrogen-bond donors (Lipinski definition) is 1. The monoisotopic (exact) mass is 270 g/mol. The predicted octanol–water partition coefficient (Wildman–Crippen LogP) is 2.61. The van der Waals surface area contributed by atoms with Crippen LogP contribution in [0.3, 0.4) is 0 Å². The first-order valence-electron chi connectivity index (χ1n) is 7.31. The normalized spacial score (nSPS) is 25.1. The second-order valence-electron chi connectivity index (χ2n) is 5.56. The van der Waals surface area contributed by atoms with Crippen LogP contribution in [0.1, 0.15) is 51.9 Å².